The number of hydrogen-bond donors (Lipinski definition) is 1. The van der Waals surface area contributed by atoms with Gasteiger partial charge in [0.1, 0.15) is 30.8 Å². The number of nitriles is 1. The van der Waals surface area contributed by atoms with E-state index in [4.69, 9.17) is 11.6 Å². The molecule has 1 aliphatic rings. The number of benzene rings is 1. The minimum Gasteiger partial charge on any atom is -0.323 e. The standard InChI is InChI=1S/C18H14ClN7O3/c19-12-1-4-15(26-10-21-9-22-26)14(5-12)23-16(27)8-25-17(28)11(6-20)7-24(18(25)29)13-2-3-13/h1,4-5,7,9-10,13H,2-3,8H2,(H,23,27). The lowest BCUT2D eigenvalue weighted by atomic mass is 10.2. The number of nitrogens with zero attached hydrogens (tertiary/aromatic N) is 6. The molecule has 0 saturated heterocycles. The van der Waals surface area contributed by atoms with Gasteiger partial charge < -0.3 is 5.32 Å². The van der Waals surface area contributed by atoms with Crippen molar-refractivity contribution >= 4 is 23.2 Å². The molecule has 1 aromatic carbocycles. The third-order valence-corrected chi connectivity index (χ3v) is 4.69. The molecule has 146 valence electrons. The van der Waals surface area contributed by atoms with Gasteiger partial charge in [-0.15, -0.1) is 0 Å². The fourth-order valence-corrected chi connectivity index (χ4v) is 3.10. The largest absolute Gasteiger partial charge is 0.331 e. The zero-order valence-electron chi connectivity index (χ0n) is 14.9. The van der Waals surface area contributed by atoms with Gasteiger partial charge in [-0.2, -0.15) is 10.4 Å². The number of anilines is 1. The van der Waals surface area contributed by atoms with Crippen LogP contribution in [0.15, 0.2) is 46.6 Å². The van der Waals surface area contributed by atoms with Crippen molar-refractivity contribution in [1.82, 2.24) is 23.9 Å². The highest BCUT2D eigenvalue weighted by atomic mass is 35.5. The lowest BCUT2D eigenvalue weighted by Gasteiger charge is -2.13. The van der Waals surface area contributed by atoms with Gasteiger partial charge in [0.2, 0.25) is 5.91 Å². The average molecular weight is 412 g/mol. The smallest absolute Gasteiger partial charge is 0.323 e. The van der Waals surface area contributed by atoms with E-state index < -0.39 is 23.7 Å². The molecule has 1 N–H and O–H groups in total. The van der Waals surface area contributed by atoms with Crippen LogP contribution in [0.1, 0.15) is 24.4 Å². The highest BCUT2D eigenvalue weighted by Crippen LogP contribution is 2.33. The molecular weight excluding hydrogens is 398 g/mol. The summed E-state index contributed by atoms with van der Waals surface area (Å²) in [5.74, 6) is -0.620. The van der Waals surface area contributed by atoms with Crippen molar-refractivity contribution in [1.29, 1.82) is 5.26 Å². The predicted molar refractivity (Wildman–Crippen MR) is 103 cm³/mol. The number of nitrogens with one attached hydrogen (secondary N) is 1. The Labute approximate surface area is 168 Å². The normalized spacial score (nSPS) is 13.1. The first kappa shape index (κ1) is 18.6. The topological polar surface area (TPSA) is 128 Å². The SMILES string of the molecule is N#Cc1cn(C2CC2)c(=O)n(CC(=O)Nc2cc(Cl)ccc2-n2cncn2)c1=O. The van der Waals surface area contributed by atoms with E-state index in [0.717, 1.165) is 17.4 Å². The molecule has 1 aliphatic carbocycles. The van der Waals surface area contributed by atoms with E-state index in [9.17, 15) is 19.6 Å². The van der Waals surface area contributed by atoms with Gasteiger partial charge in [0.15, 0.2) is 0 Å². The summed E-state index contributed by atoms with van der Waals surface area (Å²) in [6.07, 6.45) is 5.63. The number of aromatic nitrogens is 5. The molecule has 1 amide bonds. The van der Waals surface area contributed by atoms with Crippen molar-refractivity contribution in [2.75, 3.05) is 5.32 Å². The van der Waals surface area contributed by atoms with Gasteiger partial charge in [-0.1, -0.05) is 11.6 Å². The van der Waals surface area contributed by atoms with Crippen LogP contribution in [0.3, 0.4) is 0 Å². The molecule has 0 bridgehead atoms. The second-order valence-electron chi connectivity index (χ2n) is 6.52. The monoisotopic (exact) mass is 411 g/mol. The second kappa shape index (κ2) is 7.37. The van der Waals surface area contributed by atoms with Crippen molar-refractivity contribution in [2.45, 2.75) is 25.4 Å². The third kappa shape index (κ3) is 3.68. The van der Waals surface area contributed by atoms with E-state index in [1.165, 1.54) is 34.2 Å². The average Bonchev–Trinajstić information content (AvgIpc) is 3.39. The molecule has 29 heavy (non-hydrogen) atoms. The summed E-state index contributed by atoms with van der Waals surface area (Å²) < 4.78 is 3.55. The van der Waals surface area contributed by atoms with Crippen molar-refractivity contribution in [3.05, 3.63) is 68.5 Å². The number of hydrogen-bond acceptors (Lipinski definition) is 6. The van der Waals surface area contributed by atoms with Crippen LogP contribution in [0, 0.1) is 11.3 Å². The molecule has 0 aliphatic heterocycles. The highest BCUT2D eigenvalue weighted by molar-refractivity contribution is 6.31. The van der Waals surface area contributed by atoms with Gasteiger partial charge in [0, 0.05) is 17.3 Å². The first-order valence-electron chi connectivity index (χ1n) is 8.68. The summed E-state index contributed by atoms with van der Waals surface area (Å²) in [6, 6.07) is 6.54. The van der Waals surface area contributed by atoms with Crippen LogP contribution in [0.4, 0.5) is 5.69 Å². The van der Waals surface area contributed by atoms with Gasteiger partial charge in [0.05, 0.1) is 11.4 Å². The molecule has 2 aromatic heterocycles. The molecule has 4 rings (SSSR count). The molecular formula is C18H14ClN7O3. The van der Waals surface area contributed by atoms with E-state index in [2.05, 4.69) is 15.4 Å². The molecule has 3 aromatic rings. The van der Waals surface area contributed by atoms with E-state index in [0.29, 0.717) is 16.4 Å². The van der Waals surface area contributed by atoms with Gasteiger partial charge >= 0.3 is 5.69 Å². The van der Waals surface area contributed by atoms with Crippen LogP contribution in [0.5, 0.6) is 0 Å². The molecule has 1 saturated carbocycles. The Balaban J connectivity index is 1.66. The number of halogens is 1. The highest BCUT2D eigenvalue weighted by Gasteiger charge is 2.27. The molecule has 2 heterocycles. The lowest BCUT2D eigenvalue weighted by Crippen LogP contribution is -2.43. The van der Waals surface area contributed by atoms with Crippen LogP contribution in [-0.2, 0) is 11.3 Å². The van der Waals surface area contributed by atoms with Crippen LogP contribution in [0.25, 0.3) is 5.69 Å². The fourth-order valence-electron chi connectivity index (χ4n) is 2.93. The summed E-state index contributed by atoms with van der Waals surface area (Å²) in [5, 5.41) is 16.2. The molecule has 0 radical (unpaired) electrons. The molecule has 10 nitrogen and oxygen atoms in total. The third-order valence-electron chi connectivity index (χ3n) is 4.46. The van der Waals surface area contributed by atoms with Crippen LogP contribution >= 0.6 is 11.6 Å². The minimum atomic E-state index is -0.799. The molecule has 0 atom stereocenters. The summed E-state index contributed by atoms with van der Waals surface area (Å²) >= 11 is 6.03. The molecule has 0 unspecified atom stereocenters. The quantitative estimate of drug-likeness (QED) is 0.669. The summed E-state index contributed by atoms with van der Waals surface area (Å²) in [4.78, 5) is 41.5. The maximum absolute atomic E-state index is 12.6. The van der Waals surface area contributed by atoms with Crippen LogP contribution in [-0.4, -0.2) is 29.8 Å². The first-order valence-corrected chi connectivity index (χ1v) is 9.06. The zero-order chi connectivity index (χ0) is 20.5. The second-order valence-corrected chi connectivity index (χ2v) is 6.95. The van der Waals surface area contributed by atoms with Crippen molar-refractivity contribution < 1.29 is 4.79 Å². The Morgan fingerprint density at radius 1 is 1.34 bits per heavy atom. The molecule has 11 heteroatoms. The van der Waals surface area contributed by atoms with Gasteiger partial charge in [-0.3, -0.25) is 14.2 Å². The van der Waals surface area contributed by atoms with E-state index >= 15 is 0 Å². The Morgan fingerprint density at radius 3 is 2.79 bits per heavy atom. The number of carbonyl (C=O) groups is 1. The van der Waals surface area contributed by atoms with Gasteiger partial charge in [0.25, 0.3) is 5.56 Å². The fraction of sp³-hybridized carbons (Fsp3) is 0.222. The Kier molecular flexibility index (Phi) is 4.74. The lowest BCUT2D eigenvalue weighted by molar-refractivity contribution is -0.116. The maximum Gasteiger partial charge on any atom is 0.331 e. The summed E-state index contributed by atoms with van der Waals surface area (Å²) in [5.41, 5.74) is -0.759. The first-order chi connectivity index (χ1) is 14.0. The Hall–Kier alpha value is -3.71. The summed E-state index contributed by atoms with van der Waals surface area (Å²) in [6.45, 7) is -0.538. The van der Waals surface area contributed by atoms with Crippen molar-refractivity contribution in [3.8, 4) is 11.8 Å². The number of amides is 1. The van der Waals surface area contributed by atoms with E-state index in [1.54, 1.807) is 18.2 Å². The summed E-state index contributed by atoms with van der Waals surface area (Å²) in [7, 11) is 0. The van der Waals surface area contributed by atoms with E-state index in [-0.39, 0.29) is 11.6 Å². The predicted octanol–water partition coefficient (Wildman–Crippen LogP) is 1.09. The van der Waals surface area contributed by atoms with E-state index in [1.807, 2.05) is 0 Å². The van der Waals surface area contributed by atoms with Crippen molar-refractivity contribution in [3.63, 3.8) is 0 Å². The van der Waals surface area contributed by atoms with Crippen molar-refractivity contribution in [2.24, 2.45) is 0 Å². The zero-order valence-corrected chi connectivity index (χ0v) is 15.7. The number of carbonyl (C=O) groups excluding carboxylic acids is 1. The Bertz CT molecular complexity index is 1250. The number of rotatable bonds is 5. The maximum atomic E-state index is 12.6. The van der Waals surface area contributed by atoms with Crippen LogP contribution in [0.2, 0.25) is 5.02 Å². The van der Waals surface area contributed by atoms with Gasteiger partial charge in [-0.05, 0) is 31.0 Å². The molecule has 0 spiro atoms. The molecule has 1 fully saturated rings. The van der Waals surface area contributed by atoms with Crippen LogP contribution < -0.4 is 16.6 Å². The Morgan fingerprint density at radius 2 is 2.14 bits per heavy atom. The minimum absolute atomic E-state index is 0.0450. The van der Waals surface area contributed by atoms with Gasteiger partial charge in [-0.25, -0.2) is 19.0 Å².